The SMILES string of the molecule is N#C/C1=C/CCC(n2c3ccccc3c3cc4c5ccccc5n5c6c7ccccc7ccc6c(c32)c45)=Nc2ccccc21. The number of rotatable bonds is 0. The number of aromatic nitrogens is 2. The van der Waals surface area contributed by atoms with Gasteiger partial charge in [0, 0.05) is 49.7 Å². The van der Waals surface area contributed by atoms with E-state index in [1.54, 1.807) is 0 Å². The first-order valence-corrected chi connectivity index (χ1v) is 15.1. The number of fused-ring (bicyclic) bond motifs is 13. The molecule has 0 saturated heterocycles. The van der Waals surface area contributed by atoms with Gasteiger partial charge in [0.05, 0.1) is 44.9 Å². The molecule has 4 heterocycles. The number of hydrogen-bond donors (Lipinski definition) is 0. The zero-order valence-electron chi connectivity index (χ0n) is 23.8. The van der Waals surface area contributed by atoms with Crippen LogP contribution in [0.4, 0.5) is 5.69 Å². The van der Waals surface area contributed by atoms with Gasteiger partial charge >= 0.3 is 0 Å². The lowest BCUT2D eigenvalue weighted by molar-refractivity contribution is 1.03. The van der Waals surface area contributed by atoms with Crippen LogP contribution in [-0.4, -0.2) is 14.8 Å². The highest BCUT2D eigenvalue weighted by Gasteiger charge is 2.26. The van der Waals surface area contributed by atoms with Crippen molar-refractivity contribution < 1.29 is 0 Å². The molecule has 0 saturated carbocycles. The van der Waals surface area contributed by atoms with Crippen LogP contribution < -0.4 is 0 Å². The van der Waals surface area contributed by atoms with E-state index in [1.165, 1.54) is 65.2 Å². The molecule has 6 aromatic carbocycles. The normalized spacial score (nSPS) is 15.2. The molecule has 0 fully saturated rings. The molecule has 44 heavy (non-hydrogen) atoms. The molecule has 1 aliphatic heterocycles. The highest BCUT2D eigenvalue weighted by molar-refractivity contribution is 6.37. The molecule has 3 aromatic heterocycles. The summed E-state index contributed by atoms with van der Waals surface area (Å²) in [6.45, 7) is 0. The molecule has 0 atom stereocenters. The minimum atomic E-state index is 0.691. The van der Waals surface area contributed by atoms with Gasteiger partial charge in [-0.15, -0.1) is 0 Å². The first kappa shape index (κ1) is 23.6. The Bertz CT molecular complexity index is 2780. The maximum atomic E-state index is 9.92. The van der Waals surface area contributed by atoms with Crippen molar-refractivity contribution in [3.05, 3.63) is 127 Å². The van der Waals surface area contributed by atoms with E-state index in [0.29, 0.717) is 5.57 Å². The fraction of sp³-hybridized carbons (Fsp3) is 0.0500. The van der Waals surface area contributed by atoms with Crippen molar-refractivity contribution in [2.24, 2.45) is 4.99 Å². The Morgan fingerprint density at radius 3 is 2.18 bits per heavy atom. The number of aliphatic imine (C=N–C) groups is 1. The van der Waals surface area contributed by atoms with Gasteiger partial charge in [-0.25, -0.2) is 4.99 Å². The number of allylic oxidation sites excluding steroid dienone is 2. The predicted octanol–water partition coefficient (Wildman–Crippen LogP) is 10.4. The quantitative estimate of drug-likeness (QED) is 0.182. The minimum Gasteiger partial charge on any atom is -0.307 e. The van der Waals surface area contributed by atoms with Gasteiger partial charge in [0.25, 0.3) is 0 Å². The summed E-state index contributed by atoms with van der Waals surface area (Å²) in [5.74, 6) is 0.990. The Hall–Kier alpha value is -5.92. The van der Waals surface area contributed by atoms with Crippen molar-refractivity contribution in [3.8, 4) is 6.07 Å². The Labute approximate surface area is 252 Å². The fourth-order valence-corrected chi connectivity index (χ4v) is 7.74. The molecule has 9 aromatic rings. The summed E-state index contributed by atoms with van der Waals surface area (Å²) >= 11 is 0. The van der Waals surface area contributed by atoms with Crippen molar-refractivity contribution in [1.29, 1.82) is 5.26 Å². The second-order valence-corrected chi connectivity index (χ2v) is 11.7. The summed E-state index contributed by atoms with van der Waals surface area (Å²) in [7, 11) is 0. The molecule has 0 bridgehead atoms. The summed E-state index contributed by atoms with van der Waals surface area (Å²) in [5.41, 5.74) is 8.49. The zero-order valence-corrected chi connectivity index (χ0v) is 23.8. The summed E-state index contributed by atoms with van der Waals surface area (Å²) < 4.78 is 4.91. The lowest BCUT2D eigenvalue weighted by atomic mass is 10.0. The average molecular weight is 561 g/mol. The molecule has 0 aliphatic carbocycles. The molecular formula is C40H24N4. The van der Waals surface area contributed by atoms with Crippen LogP contribution in [0.25, 0.3) is 76.2 Å². The molecule has 4 nitrogen and oxygen atoms in total. The monoisotopic (exact) mass is 560 g/mol. The Morgan fingerprint density at radius 1 is 0.614 bits per heavy atom. The molecule has 0 N–H and O–H groups in total. The largest absolute Gasteiger partial charge is 0.307 e. The minimum absolute atomic E-state index is 0.691. The van der Waals surface area contributed by atoms with Gasteiger partial charge in [-0.3, -0.25) is 4.57 Å². The summed E-state index contributed by atoms with van der Waals surface area (Å²) in [6.07, 6.45) is 3.53. The van der Waals surface area contributed by atoms with Crippen LogP contribution in [0, 0.1) is 11.3 Å². The van der Waals surface area contributed by atoms with Crippen molar-refractivity contribution >= 4 is 87.8 Å². The number of para-hydroxylation sites is 3. The van der Waals surface area contributed by atoms with Gasteiger partial charge in [-0.2, -0.15) is 5.26 Å². The van der Waals surface area contributed by atoms with Crippen molar-refractivity contribution in [2.75, 3.05) is 0 Å². The van der Waals surface area contributed by atoms with Gasteiger partial charge in [-0.05, 0) is 36.1 Å². The average Bonchev–Trinajstić information content (AvgIpc) is 3.70. The van der Waals surface area contributed by atoms with Gasteiger partial charge < -0.3 is 4.40 Å². The van der Waals surface area contributed by atoms with Crippen molar-refractivity contribution in [3.63, 3.8) is 0 Å². The van der Waals surface area contributed by atoms with E-state index in [0.717, 1.165) is 35.4 Å². The van der Waals surface area contributed by atoms with E-state index >= 15 is 0 Å². The van der Waals surface area contributed by atoms with Crippen molar-refractivity contribution in [2.45, 2.75) is 12.8 Å². The molecule has 0 unspecified atom stereocenters. The standard InChI is InChI=1S/C40H24N4/c41-23-25-11-9-19-36(42-33-16-6-3-12-26(25)33)43-34-17-7-4-14-28(34)31-22-32-29-15-5-8-18-35(29)44-38-27-13-2-1-10-24(27)20-21-30(38)37(39(31)43)40(32)44/h1-8,10-18,20-22H,9,19H2/b25-11-,42-36?. The molecule has 10 rings (SSSR count). The third-order valence-electron chi connectivity index (χ3n) is 9.52. The molecule has 0 amide bonds. The van der Waals surface area contributed by atoms with Crippen LogP contribution in [0.15, 0.2) is 126 Å². The smallest absolute Gasteiger partial charge is 0.114 e. The van der Waals surface area contributed by atoms with Crippen LogP contribution in [0.2, 0.25) is 0 Å². The predicted molar refractivity (Wildman–Crippen MR) is 183 cm³/mol. The fourth-order valence-electron chi connectivity index (χ4n) is 7.74. The van der Waals surface area contributed by atoms with E-state index in [-0.39, 0.29) is 0 Å². The molecular weight excluding hydrogens is 536 g/mol. The van der Waals surface area contributed by atoms with Crippen molar-refractivity contribution in [1.82, 2.24) is 8.97 Å². The lowest BCUT2D eigenvalue weighted by Crippen LogP contribution is -2.12. The second-order valence-electron chi connectivity index (χ2n) is 11.7. The number of nitriles is 1. The zero-order chi connectivity index (χ0) is 28.9. The first-order chi connectivity index (χ1) is 21.8. The van der Waals surface area contributed by atoms with Crippen LogP contribution >= 0.6 is 0 Å². The van der Waals surface area contributed by atoms with Gasteiger partial charge in [0.15, 0.2) is 0 Å². The van der Waals surface area contributed by atoms with E-state index in [9.17, 15) is 5.26 Å². The third-order valence-corrected chi connectivity index (χ3v) is 9.52. The summed E-state index contributed by atoms with van der Waals surface area (Å²) in [6, 6.07) is 43.7. The van der Waals surface area contributed by atoms with Crippen LogP contribution in [0.5, 0.6) is 0 Å². The number of nitrogens with zero attached hydrogens (tertiary/aromatic N) is 4. The highest BCUT2D eigenvalue weighted by Crippen LogP contribution is 2.47. The maximum Gasteiger partial charge on any atom is 0.114 e. The molecule has 1 aliphatic rings. The lowest BCUT2D eigenvalue weighted by Gasteiger charge is -2.15. The van der Waals surface area contributed by atoms with E-state index in [2.05, 4.69) is 112 Å². The van der Waals surface area contributed by atoms with E-state index in [4.69, 9.17) is 4.99 Å². The molecule has 204 valence electrons. The Kier molecular flexibility index (Phi) is 4.60. The van der Waals surface area contributed by atoms with Crippen LogP contribution in [0.1, 0.15) is 18.4 Å². The summed E-state index contributed by atoms with van der Waals surface area (Å²) in [5, 5.41) is 19.9. The van der Waals surface area contributed by atoms with E-state index in [1.807, 2.05) is 24.3 Å². The second kappa shape index (κ2) is 8.56. The van der Waals surface area contributed by atoms with Crippen LogP contribution in [-0.2, 0) is 0 Å². The van der Waals surface area contributed by atoms with Crippen LogP contribution in [0.3, 0.4) is 0 Å². The molecule has 0 radical (unpaired) electrons. The Balaban J connectivity index is 1.46. The number of benzene rings is 6. The highest BCUT2D eigenvalue weighted by atomic mass is 15.1. The van der Waals surface area contributed by atoms with Gasteiger partial charge in [-0.1, -0.05) is 97.1 Å². The molecule has 0 spiro atoms. The third kappa shape index (κ3) is 2.93. The van der Waals surface area contributed by atoms with E-state index < -0.39 is 0 Å². The molecule has 4 heteroatoms. The Morgan fingerprint density at radius 2 is 1.32 bits per heavy atom. The first-order valence-electron chi connectivity index (χ1n) is 15.1. The maximum absolute atomic E-state index is 9.92. The van der Waals surface area contributed by atoms with Gasteiger partial charge in [0.2, 0.25) is 0 Å². The number of hydrogen-bond acceptors (Lipinski definition) is 2. The van der Waals surface area contributed by atoms with Gasteiger partial charge in [0.1, 0.15) is 5.84 Å². The topological polar surface area (TPSA) is 45.5 Å². The summed E-state index contributed by atoms with van der Waals surface area (Å²) in [4.78, 5) is 5.34.